The number of hydrogen-bond donors (Lipinski definition) is 2. The van der Waals surface area contributed by atoms with E-state index < -0.39 is 5.54 Å². The van der Waals surface area contributed by atoms with E-state index in [4.69, 9.17) is 0 Å². The zero-order valence-electron chi connectivity index (χ0n) is 11.9. The molecule has 0 bridgehead atoms. The molecule has 2 rings (SSSR count). The highest BCUT2D eigenvalue weighted by molar-refractivity contribution is 5.93. The van der Waals surface area contributed by atoms with Gasteiger partial charge < -0.3 is 10.0 Å². The molecule has 1 amide bonds. The van der Waals surface area contributed by atoms with Gasteiger partial charge in [0.2, 0.25) is 0 Å². The van der Waals surface area contributed by atoms with Crippen LogP contribution in [-0.2, 0) is 0 Å². The third kappa shape index (κ3) is 2.72. The van der Waals surface area contributed by atoms with E-state index in [2.05, 4.69) is 10.2 Å². The Morgan fingerprint density at radius 3 is 2.60 bits per heavy atom. The molecular formula is C15H19N3O2. The first kappa shape index (κ1) is 14.3. The van der Waals surface area contributed by atoms with Crippen LogP contribution in [0.15, 0.2) is 36.4 Å². The monoisotopic (exact) mass is 273 g/mol. The van der Waals surface area contributed by atoms with E-state index in [0.29, 0.717) is 5.69 Å². The standard InChI is InChI=1S/C15H19N3O2/c1-15(2,10-19)18(3)14(20)13-9-12(16-17-13)11-7-5-4-6-8-11/h4-9,19H,10H2,1-3H3,(H,16,17). The minimum Gasteiger partial charge on any atom is -0.394 e. The lowest BCUT2D eigenvalue weighted by Gasteiger charge is -2.33. The molecule has 0 radical (unpaired) electrons. The van der Waals surface area contributed by atoms with Crippen molar-refractivity contribution >= 4 is 5.91 Å². The predicted octanol–water partition coefficient (Wildman–Crippen LogP) is 1.92. The van der Waals surface area contributed by atoms with E-state index in [1.165, 1.54) is 4.90 Å². The summed E-state index contributed by atoms with van der Waals surface area (Å²) in [5.41, 5.74) is 1.47. The molecule has 5 nitrogen and oxygen atoms in total. The lowest BCUT2D eigenvalue weighted by atomic mass is 10.0. The molecule has 106 valence electrons. The second kappa shape index (κ2) is 5.46. The SMILES string of the molecule is CN(C(=O)c1cc(-c2ccccc2)n[nH]1)C(C)(C)CO. The first-order chi connectivity index (χ1) is 9.45. The van der Waals surface area contributed by atoms with Crippen molar-refractivity contribution in [2.75, 3.05) is 13.7 Å². The Bertz CT molecular complexity index is 590. The Kier molecular flexibility index (Phi) is 3.90. The van der Waals surface area contributed by atoms with Crippen molar-refractivity contribution in [3.63, 3.8) is 0 Å². The molecule has 0 aliphatic carbocycles. The van der Waals surface area contributed by atoms with Crippen molar-refractivity contribution in [2.45, 2.75) is 19.4 Å². The average molecular weight is 273 g/mol. The van der Waals surface area contributed by atoms with E-state index in [1.54, 1.807) is 27.0 Å². The minimum atomic E-state index is -0.616. The minimum absolute atomic E-state index is 0.102. The number of amides is 1. The largest absolute Gasteiger partial charge is 0.394 e. The number of carbonyl (C=O) groups excluding carboxylic acids is 1. The van der Waals surface area contributed by atoms with Crippen LogP contribution in [0.4, 0.5) is 0 Å². The quantitative estimate of drug-likeness (QED) is 0.894. The predicted molar refractivity (Wildman–Crippen MR) is 77.3 cm³/mol. The molecular weight excluding hydrogens is 254 g/mol. The van der Waals surface area contributed by atoms with E-state index in [0.717, 1.165) is 11.3 Å². The third-order valence-electron chi connectivity index (χ3n) is 3.48. The van der Waals surface area contributed by atoms with Gasteiger partial charge in [-0.2, -0.15) is 5.10 Å². The van der Waals surface area contributed by atoms with Gasteiger partial charge in [-0.05, 0) is 19.9 Å². The number of aliphatic hydroxyl groups excluding tert-OH is 1. The number of hydrogen-bond acceptors (Lipinski definition) is 3. The summed E-state index contributed by atoms with van der Waals surface area (Å²) in [6.07, 6.45) is 0. The number of likely N-dealkylation sites (N-methyl/N-ethyl adjacent to an activating group) is 1. The summed E-state index contributed by atoms with van der Waals surface area (Å²) in [6, 6.07) is 11.4. The maximum Gasteiger partial charge on any atom is 0.272 e. The maximum absolute atomic E-state index is 12.3. The number of H-pyrrole nitrogens is 1. The molecule has 0 unspecified atom stereocenters. The van der Waals surface area contributed by atoms with Crippen molar-refractivity contribution in [2.24, 2.45) is 0 Å². The molecule has 0 aliphatic rings. The third-order valence-corrected chi connectivity index (χ3v) is 3.48. The zero-order valence-corrected chi connectivity index (χ0v) is 11.9. The van der Waals surface area contributed by atoms with Crippen LogP contribution in [0.5, 0.6) is 0 Å². The van der Waals surface area contributed by atoms with Crippen molar-refractivity contribution < 1.29 is 9.90 Å². The van der Waals surface area contributed by atoms with E-state index in [-0.39, 0.29) is 12.5 Å². The summed E-state index contributed by atoms with van der Waals surface area (Å²) < 4.78 is 0. The summed E-state index contributed by atoms with van der Waals surface area (Å²) >= 11 is 0. The van der Waals surface area contributed by atoms with Gasteiger partial charge in [-0.25, -0.2) is 0 Å². The van der Waals surface area contributed by atoms with Gasteiger partial charge in [-0.3, -0.25) is 9.89 Å². The highest BCUT2D eigenvalue weighted by Crippen LogP contribution is 2.19. The van der Waals surface area contributed by atoms with E-state index in [9.17, 15) is 9.90 Å². The Morgan fingerprint density at radius 1 is 1.35 bits per heavy atom. The van der Waals surface area contributed by atoms with Crippen molar-refractivity contribution in [1.29, 1.82) is 0 Å². The number of rotatable bonds is 4. The molecule has 1 aromatic heterocycles. The fourth-order valence-electron chi connectivity index (χ4n) is 1.75. The number of aromatic nitrogens is 2. The van der Waals surface area contributed by atoms with Gasteiger partial charge in [0, 0.05) is 12.6 Å². The molecule has 5 heteroatoms. The average Bonchev–Trinajstić information content (AvgIpc) is 2.96. The van der Waals surface area contributed by atoms with Gasteiger partial charge in [-0.1, -0.05) is 30.3 Å². The van der Waals surface area contributed by atoms with E-state index in [1.807, 2.05) is 30.3 Å². The van der Waals surface area contributed by atoms with Crippen LogP contribution >= 0.6 is 0 Å². The summed E-state index contributed by atoms with van der Waals surface area (Å²) in [7, 11) is 1.67. The topological polar surface area (TPSA) is 69.2 Å². The molecule has 0 aliphatic heterocycles. The van der Waals surface area contributed by atoms with Crippen LogP contribution < -0.4 is 0 Å². The second-order valence-corrected chi connectivity index (χ2v) is 5.37. The molecule has 2 aromatic rings. The number of nitrogens with one attached hydrogen (secondary N) is 1. The number of nitrogens with zero attached hydrogens (tertiary/aromatic N) is 2. The maximum atomic E-state index is 12.3. The summed E-state index contributed by atoms with van der Waals surface area (Å²) in [4.78, 5) is 13.8. The number of aromatic amines is 1. The van der Waals surface area contributed by atoms with Gasteiger partial charge in [0.05, 0.1) is 17.8 Å². The normalized spacial score (nSPS) is 11.4. The van der Waals surface area contributed by atoms with Crippen LogP contribution in [0, 0.1) is 0 Å². The molecule has 0 spiro atoms. The Balaban J connectivity index is 2.23. The smallest absolute Gasteiger partial charge is 0.272 e. The highest BCUT2D eigenvalue weighted by atomic mass is 16.3. The molecule has 1 heterocycles. The summed E-state index contributed by atoms with van der Waals surface area (Å²) in [5.74, 6) is -0.196. The van der Waals surface area contributed by atoms with Crippen LogP contribution in [0.2, 0.25) is 0 Å². The van der Waals surface area contributed by atoms with Crippen LogP contribution in [0.25, 0.3) is 11.3 Å². The lowest BCUT2D eigenvalue weighted by molar-refractivity contribution is 0.0467. The fourth-order valence-corrected chi connectivity index (χ4v) is 1.75. The molecule has 20 heavy (non-hydrogen) atoms. The van der Waals surface area contributed by atoms with Gasteiger partial charge in [0.15, 0.2) is 0 Å². The van der Waals surface area contributed by atoms with Crippen LogP contribution in [0.3, 0.4) is 0 Å². The van der Waals surface area contributed by atoms with Crippen molar-refractivity contribution in [3.8, 4) is 11.3 Å². The highest BCUT2D eigenvalue weighted by Gasteiger charge is 2.28. The number of aliphatic hydroxyl groups is 1. The van der Waals surface area contributed by atoms with Crippen LogP contribution in [-0.4, -0.2) is 45.3 Å². The van der Waals surface area contributed by atoms with Crippen LogP contribution in [0.1, 0.15) is 24.3 Å². The molecule has 0 saturated carbocycles. The molecule has 0 fully saturated rings. The second-order valence-electron chi connectivity index (χ2n) is 5.37. The van der Waals surface area contributed by atoms with Gasteiger partial charge in [0.1, 0.15) is 5.69 Å². The van der Waals surface area contributed by atoms with Crippen molar-refractivity contribution in [3.05, 3.63) is 42.1 Å². The molecule has 1 aromatic carbocycles. The number of benzene rings is 1. The Hall–Kier alpha value is -2.14. The van der Waals surface area contributed by atoms with Crippen molar-refractivity contribution in [1.82, 2.24) is 15.1 Å². The molecule has 0 atom stereocenters. The molecule has 2 N–H and O–H groups in total. The van der Waals surface area contributed by atoms with Gasteiger partial charge >= 0.3 is 0 Å². The summed E-state index contributed by atoms with van der Waals surface area (Å²) in [6.45, 7) is 3.51. The first-order valence-electron chi connectivity index (χ1n) is 6.45. The Morgan fingerprint density at radius 2 is 2.00 bits per heavy atom. The van der Waals surface area contributed by atoms with Gasteiger partial charge in [0.25, 0.3) is 5.91 Å². The Labute approximate surface area is 118 Å². The fraction of sp³-hybridized carbons (Fsp3) is 0.333. The number of carbonyl (C=O) groups is 1. The lowest BCUT2D eigenvalue weighted by Crippen LogP contribution is -2.47. The molecule has 0 saturated heterocycles. The summed E-state index contributed by atoms with van der Waals surface area (Å²) in [5, 5.41) is 16.2. The van der Waals surface area contributed by atoms with E-state index >= 15 is 0 Å². The zero-order chi connectivity index (χ0) is 14.8. The van der Waals surface area contributed by atoms with Gasteiger partial charge in [-0.15, -0.1) is 0 Å². The first-order valence-corrected chi connectivity index (χ1v) is 6.45.